The fraction of sp³-hybridized carbons (Fsp3) is 1.00. The van der Waals surface area contributed by atoms with Crippen molar-refractivity contribution in [2.75, 3.05) is 6.61 Å². The number of hydrogen-bond donors (Lipinski definition) is 1. The molecule has 0 radical (unpaired) electrons. The van der Waals surface area contributed by atoms with Crippen molar-refractivity contribution >= 4 is 0 Å². The second-order valence-electron chi connectivity index (χ2n) is 4.67. The third-order valence-corrected chi connectivity index (χ3v) is 3.64. The van der Waals surface area contributed by atoms with Crippen LogP contribution in [0.1, 0.15) is 58.8 Å². The predicted octanol–water partition coefficient (Wildman–Crippen LogP) is 3.13. The number of hydrogen-bond acceptors (Lipinski definition) is 2. The average Bonchev–Trinajstić information content (AvgIpc) is 2.29. The molecule has 1 aliphatic rings. The Balaban J connectivity index is 2.33. The van der Waals surface area contributed by atoms with Crippen LogP contribution in [0.3, 0.4) is 0 Å². The Morgan fingerprint density at radius 1 is 1.27 bits per heavy atom. The number of aliphatic hydroxyl groups is 1. The predicted molar refractivity (Wildman–Crippen MR) is 62.9 cm³/mol. The molecular formula is C13H26O2. The van der Waals surface area contributed by atoms with Crippen LogP contribution in [0, 0.1) is 5.92 Å². The topological polar surface area (TPSA) is 29.5 Å². The SMILES string of the molecule is CCC(CC)[C@@H]1CCC[C@H](CCCO)O1. The van der Waals surface area contributed by atoms with E-state index in [1.54, 1.807) is 0 Å². The van der Waals surface area contributed by atoms with Crippen LogP contribution < -0.4 is 0 Å². The minimum Gasteiger partial charge on any atom is -0.396 e. The van der Waals surface area contributed by atoms with E-state index in [4.69, 9.17) is 9.84 Å². The van der Waals surface area contributed by atoms with Gasteiger partial charge in [-0.05, 0) is 38.0 Å². The third-order valence-electron chi connectivity index (χ3n) is 3.64. The number of aliphatic hydroxyl groups excluding tert-OH is 1. The monoisotopic (exact) mass is 214 g/mol. The van der Waals surface area contributed by atoms with Gasteiger partial charge in [-0.25, -0.2) is 0 Å². The van der Waals surface area contributed by atoms with E-state index in [0.717, 1.165) is 18.8 Å². The fourth-order valence-corrected chi connectivity index (χ4v) is 2.62. The van der Waals surface area contributed by atoms with Crippen molar-refractivity contribution in [3.05, 3.63) is 0 Å². The van der Waals surface area contributed by atoms with Crippen molar-refractivity contribution in [1.29, 1.82) is 0 Å². The quantitative estimate of drug-likeness (QED) is 0.736. The maximum Gasteiger partial charge on any atom is 0.0606 e. The zero-order valence-electron chi connectivity index (χ0n) is 10.2. The summed E-state index contributed by atoms with van der Waals surface area (Å²) in [6.07, 6.45) is 9.01. The molecule has 1 heterocycles. The molecule has 0 aromatic carbocycles. The first-order valence-electron chi connectivity index (χ1n) is 6.58. The Hall–Kier alpha value is -0.0800. The third kappa shape index (κ3) is 4.12. The molecule has 0 unspecified atom stereocenters. The maximum absolute atomic E-state index is 8.81. The second-order valence-corrected chi connectivity index (χ2v) is 4.67. The summed E-state index contributed by atoms with van der Waals surface area (Å²) in [6, 6.07) is 0. The summed E-state index contributed by atoms with van der Waals surface area (Å²) in [7, 11) is 0. The molecule has 1 N–H and O–H groups in total. The van der Waals surface area contributed by atoms with E-state index in [0.29, 0.717) is 18.8 Å². The molecule has 0 aromatic rings. The van der Waals surface area contributed by atoms with Crippen LogP contribution in [0.5, 0.6) is 0 Å². The molecule has 1 aliphatic heterocycles. The van der Waals surface area contributed by atoms with Gasteiger partial charge < -0.3 is 9.84 Å². The summed E-state index contributed by atoms with van der Waals surface area (Å²) in [5.74, 6) is 0.738. The number of rotatable bonds is 6. The molecule has 1 fully saturated rings. The van der Waals surface area contributed by atoms with Crippen molar-refractivity contribution in [3.8, 4) is 0 Å². The van der Waals surface area contributed by atoms with E-state index >= 15 is 0 Å². The summed E-state index contributed by atoms with van der Waals surface area (Å²) in [6.45, 7) is 4.82. The lowest BCUT2D eigenvalue weighted by atomic mass is 9.89. The highest BCUT2D eigenvalue weighted by Crippen LogP contribution is 2.29. The molecule has 15 heavy (non-hydrogen) atoms. The van der Waals surface area contributed by atoms with Crippen molar-refractivity contribution in [1.82, 2.24) is 0 Å². The van der Waals surface area contributed by atoms with Gasteiger partial charge in [0.2, 0.25) is 0 Å². The van der Waals surface area contributed by atoms with E-state index in [1.165, 1.54) is 32.1 Å². The van der Waals surface area contributed by atoms with Crippen LogP contribution in [0.15, 0.2) is 0 Å². The molecule has 0 spiro atoms. The smallest absolute Gasteiger partial charge is 0.0606 e. The van der Waals surface area contributed by atoms with Gasteiger partial charge in [-0.3, -0.25) is 0 Å². The van der Waals surface area contributed by atoms with Gasteiger partial charge in [-0.1, -0.05) is 26.7 Å². The lowest BCUT2D eigenvalue weighted by Gasteiger charge is -2.34. The highest BCUT2D eigenvalue weighted by Gasteiger charge is 2.26. The molecular weight excluding hydrogens is 188 g/mol. The van der Waals surface area contributed by atoms with Gasteiger partial charge in [0.25, 0.3) is 0 Å². The van der Waals surface area contributed by atoms with Crippen LogP contribution in [-0.2, 0) is 4.74 Å². The molecule has 2 heteroatoms. The van der Waals surface area contributed by atoms with Crippen molar-refractivity contribution in [2.45, 2.75) is 71.0 Å². The zero-order valence-corrected chi connectivity index (χ0v) is 10.2. The number of ether oxygens (including phenoxy) is 1. The standard InChI is InChI=1S/C13H26O2/c1-3-11(4-2)13-9-5-7-12(15-13)8-6-10-14/h11-14H,3-10H2,1-2H3/t12-,13+/m1/s1. The normalized spacial score (nSPS) is 27.2. The molecule has 0 aromatic heterocycles. The Kier molecular flexibility index (Phi) is 6.26. The van der Waals surface area contributed by atoms with Crippen LogP contribution in [0.4, 0.5) is 0 Å². The lowest BCUT2D eigenvalue weighted by Crippen LogP contribution is -2.33. The summed E-state index contributed by atoms with van der Waals surface area (Å²) < 4.78 is 6.12. The fourth-order valence-electron chi connectivity index (χ4n) is 2.62. The van der Waals surface area contributed by atoms with Gasteiger partial charge in [0.1, 0.15) is 0 Å². The summed E-state index contributed by atoms with van der Waals surface area (Å²) in [5, 5.41) is 8.81. The van der Waals surface area contributed by atoms with E-state index in [9.17, 15) is 0 Å². The van der Waals surface area contributed by atoms with Gasteiger partial charge in [0, 0.05) is 6.61 Å². The summed E-state index contributed by atoms with van der Waals surface area (Å²) in [4.78, 5) is 0. The maximum atomic E-state index is 8.81. The summed E-state index contributed by atoms with van der Waals surface area (Å²) >= 11 is 0. The first-order chi connectivity index (χ1) is 7.31. The van der Waals surface area contributed by atoms with Crippen molar-refractivity contribution in [3.63, 3.8) is 0 Å². The van der Waals surface area contributed by atoms with Crippen LogP contribution in [0.2, 0.25) is 0 Å². The Labute approximate surface area is 94.0 Å². The largest absolute Gasteiger partial charge is 0.396 e. The molecule has 1 rings (SSSR count). The zero-order chi connectivity index (χ0) is 11.1. The van der Waals surface area contributed by atoms with Gasteiger partial charge in [0.15, 0.2) is 0 Å². The van der Waals surface area contributed by atoms with E-state index in [2.05, 4.69) is 13.8 Å². The van der Waals surface area contributed by atoms with Crippen LogP contribution in [-0.4, -0.2) is 23.9 Å². The molecule has 0 saturated carbocycles. The van der Waals surface area contributed by atoms with Crippen molar-refractivity contribution < 1.29 is 9.84 Å². The first-order valence-corrected chi connectivity index (χ1v) is 6.58. The Bertz CT molecular complexity index is 155. The minimum atomic E-state index is 0.301. The Morgan fingerprint density at radius 2 is 2.00 bits per heavy atom. The van der Waals surface area contributed by atoms with E-state index in [-0.39, 0.29) is 0 Å². The molecule has 0 bridgehead atoms. The summed E-state index contributed by atoms with van der Waals surface area (Å²) in [5.41, 5.74) is 0. The van der Waals surface area contributed by atoms with Gasteiger partial charge in [0.05, 0.1) is 12.2 Å². The Morgan fingerprint density at radius 3 is 2.60 bits per heavy atom. The first kappa shape index (κ1) is 13.0. The van der Waals surface area contributed by atoms with E-state index in [1.807, 2.05) is 0 Å². The second kappa shape index (κ2) is 7.24. The van der Waals surface area contributed by atoms with Crippen LogP contribution in [0.25, 0.3) is 0 Å². The van der Waals surface area contributed by atoms with Gasteiger partial charge in [-0.15, -0.1) is 0 Å². The van der Waals surface area contributed by atoms with Gasteiger partial charge >= 0.3 is 0 Å². The van der Waals surface area contributed by atoms with Gasteiger partial charge in [-0.2, -0.15) is 0 Å². The highest BCUT2D eigenvalue weighted by molar-refractivity contribution is 4.76. The molecule has 90 valence electrons. The van der Waals surface area contributed by atoms with E-state index < -0.39 is 0 Å². The molecule has 1 saturated heterocycles. The minimum absolute atomic E-state index is 0.301. The molecule has 2 nitrogen and oxygen atoms in total. The highest BCUT2D eigenvalue weighted by atomic mass is 16.5. The average molecular weight is 214 g/mol. The van der Waals surface area contributed by atoms with Crippen LogP contribution >= 0.6 is 0 Å². The lowest BCUT2D eigenvalue weighted by molar-refractivity contribution is -0.0829. The van der Waals surface area contributed by atoms with Crippen molar-refractivity contribution in [2.24, 2.45) is 5.92 Å². The molecule has 0 amide bonds. The molecule has 2 atom stereocenters. The molecule has 0 aliphatic carbocycles.